The molecule has 2 aromatic rings. The first-order chi connectivity index (χ1) is 10.6. The maximum absolute atomic E-state index is 12.3. The number of aryl methyl sites for hydroxylation is 1. The van der Waals surface area contributed by atoms with Crippen LogP contribution in [0.25, 0.3) is 11.0 Å². The third kappa shape index (κ3) is 3.30. The van der Waals surface area contributed by atoms with E-state index in [-0.39, 0.29) is 24.4 Å². The number of aromatic amines is 1. The second kappa shape index (κ2) is 6.97. The van der Waals surface area contributed by atoms with E-state index in [9.17, 15) is 14.4 Å². The predicted octanol–water partition coefficient (Wildman–Crippen LogP) is 0.223. The molecule has 1 fully saturated rings. The van der Waals surface area contributed by atoms with Gasteiger partial charge in [-0.05, 0) is 38.1 Å². The molecule has 124 valence electrons. The Hall–Kier alpha value is -2.12. The van der Waals surface area contributed by atoms with Gasteiger partial charge in [0.2, 0.25) is 0 Å². The normalized spacial score (nSPS) is 17.0. The summed E-state index contributed by atoms with van der Waals surface area (Å²) in [6.45, 7) is 3.87. The van der Waals surface area contributed by atoms with Crippen molar-refractivity contribution < 1.29 is 4.79 Å². The zero-order valence-electron chi connectivity index (χ0n) is 12.7. The summed E-state index contributed by atoms with van der Waals surface area (Å²) in [5, 5.41) is 6.14. The first-order valence-corrected chi connectivity index (χ1v) is 7.38. The third-order valence-electron chi connectivity index (χ3n) is 3.95. The lowest BCUT2D eigenvalue weighted by atomic mass is 10.1. The molecule has 23 heavy (non-hydrogen) atoms. The lowest BCUT2D eigenvalue weighted by molar-refractivity contribution is 0.0940. The topological polar surface area (TPSA) is 96.0 Å². The molecule has 1 unspecified atom stereocenters. The summed E-state index contributed by atoms with van der Waals surface area (Å²) in [6, 6.07) is 5.11. The zero-order valence-corrected chi connectivity index (χ0v) is 13.5. The second-order valence-electron chi connectivity index (χ2n) is 5.40. The fraction of sp³-hybridized carbons (Fsp3) is 0.400. The van der Waals surface area contributed by atoms with E-state index in [0.29, 0.717) is 23.1 Å². The molecule has 2 heterocycles. The van der Waals surface area contributed by atoms with E-state index in [0.717, 1.165) is 19.5 Å². The van der Waals surface area contributed by atoms with Gasteiger partial charge in [-0.15, -0.1) is 12.4 Å². The SMILES string of the molecule is CCn1c(=O)c(=O)[nH]c2cc(C(=O)NC3CCNC3)ccc21.Cl. The van der Waals surface area contributed by atoms with Gasteiger partial charge in [0.1, 0.15) is 0 Å². The molecule has 0 radical (unpaired) electrons. The number of carbonyl (C=O) groups is 1. The highest BCUT2D eigenvalue weighted by atomic mass is 35.5. The number of H-pyrrole nitrogens is 1. The summed E-state index contributed by atoms with van der Waals surface area (Å²) in [5.74, 6) is -0.175. The molecule has 1 amide bonds. The number of aromatic nitrogens is 2. The van der Waals surface area contributed by atoms with Crippen LogP contribution in [-0.4, -0.2) is 34.6 Å². The second-order valence-corrected chi connectivity index (χ2v) is 5.40. The van der Waals surface area contributed by atoms with Gasteiger partial charge < -0.3 is 20.2 Å². The quantitative estimate of drug-likeness (QED) is 0.698. The summed E-state index contributed by atoms with van der Waals surface area (Å²) in [6.07, 6.45) is 0.908. The standard InChI is InChI=1S/C15H18N4O3.ClH/c1-2-19-12-4-3-9(7-11(12)18-14(21)15(19)22)13(20)17-10-5-6-16-8-10;/h3-4,7,10,16H,2,5-6,8H2,1H3,(H,17,20)(H,18,21);1H. The number of nitrogens with one attached hydrogen (secondary N) is 3. The molecule has 1 aliphatic heterocycles. The molecule has 1 atom stereocenters. The number of benzene rings is 1. The highest BCUT2D eigenvalue weighted by Crippen LogP contribution is 2.12. The van der Waals surface area contributed by atoms with Gasteiger partial charge in [0.25, 0.3) is 5.91 Å². The number of fused-ring (bicyclic) bond motifs is 1. The number of halogens is 1. The van der Waals surface area contributed by atoms with Gasteiger partial charge in [-0.2, -0.15) is 0 Å². The molecule has 1 aromatic carbocycles. The molecule has 0 bridgehead atoms. The Morgan fingerprint density at radius 1 is 1.39 bits per heavy atom. The number of rotatable bonds is 3. The Bertz CT molecular complexity index is 837. The van der Waals surface area contributed by atoms with Crippen LogP contribution in [0, 0.1) is 0 Å². The van der Waals surface area contributed by atoms with E-state index in [4.69, 9.17) is 0 Å². The van der Waals surface area contributed by atoms with Crippen molar-refractivity contribution in [2.24, 2.45) is 0 Å². The summed E-state index contributed by atoms with van der Waals surface area (Å²) in [7, 11) is 0. The molecule has 7 nitrogen and oxygen atoms in total. The average Bonchev–Trinajstić information content (AvgIpc) is 3.01. The highest BCUT2D eigenvalue weighted by molar-refractivity contribution is 5.97. The smallest absolute Gasteiger partial charge is 0.316 e. The molecular weight excluding hydrogens is 320 g/mol. The molecular formula is C15H19ClN4O3. The van der Waals surface area contributed by atoms with E-state index in [1.165, 1.54) is 4.57 Å². The van der Waals surface area contributed by atoms with Gasteiger partial charge in [-0.25, -0.2) is 0 Å². The van der Waals surface area contributed by atoms with E-state index < -0.39 is 11.1 Å². The van der Waals surface area contributed by atoms with Crippen LogP contribution in [0.2, 0.25) is 0 Å². The predicted molar refractivity (Wildman–Crippen MR) is 90.5 cm³/mol. The summed E-state index contributed by atoms with van der Waals surface area (Å²) >= 11 is 0. The van der Waals surface area contributed by atoms with Crippen LogP contribution in [0.15, 0.2) is 27.8 Å². The number of hydrogen-bond donors (Lipinski definition) is 3. The maximum Gasteiger partial charge on any atom is 0.316 e. The van der Waals surface area contributed by atoms with Gasteiger partial charge in [0.15, 0.2) is 0 Å². The van der Waals surface area contributed by atoms with E-state index in [1.807, 2.05) is 0 Å². The van der Waals surface area contributed by atoms with Crippen LogP contribution in [0.1, 0.15) is 23.7 Å². The zero-order chi connectivity index (χ0) is 15.7. The minimum atomic E-state index is -0.674. The minimum absolute atomic E-state index is 0. The number of amides is 1. The Labute approximate surface area is 138 Å². The maximum atomic E-state index is 12.3. The summed E-state index contributed by atoms with van der Waals surface area (Å²) < 4.78 is 1.40. The molecule has 0 saturated carbocycles. The van der Waals surface area contributed by atoms with Crippen molar-refractivity contribution in [3.63, 3.8) is 0 Å². The minimum Gasteiger partial charge on any atom is -0.348 e. The van der Waals surface area contributed by atoms with Crippen LogP contribution in [-0.2, 0) is 6.54 Å². The number of nitrogens with zero attached hydrogens (tertiary/aromatic N) is 1. The first kappa shape index (κ1) is 17.2. The molecule has 0 aliphatic carbocycles. The van der Waals surface area contributed by atoms with Gasteiger partial charge in [0.05, 0.1) is 11.0 Å². The van der Waals surface area contributed by atoms with Crippen molar-refractivity contribution in [1.29, 1.82) is 0 Å². The number of carbonyl (C=O) groups excluding carboxylic acids is 1. The lowest BCUT2D eigenvalue weighted by Gasteiger charge is -2.12. The van der Waals surface area contributed by atoms with Crippen molar-refractivity contribution in [3.05, 3.63) is 44.5 Å². The van der Waals surface area contributed by atoms with Gasteiger partial charge in [-0.3, -0.25) is 14.4 Å². The first-order valence-electron chi connectivity index (χ1n) is 7.38. The average molecular weight is 339 g/mol. The highest BCUT2D eigenvalue weighted by Gasteiger charge is 2.18. The van der Waals surface area contributed by atoms with E-state index in [2.05, 4.69) is 15.6 Å². The van der Waals surface area contributed by atoms with E-state index >= 15 is 0 Å². The molecule has 3 N–H and O–H groups in total. The van der Waals surface area contributed by atoms with Crippen LogP contribution in [0.4, 0.5) is 0 Å². The van der Waals surface area contributed by atoms with Crippen molar-refractivity contribution in [3.8, 4) is 0 Å². The van der Waals surface area contributed by atoms with E-state index in [1.54, 1.807) is 25.1 Å². The van der Waals surface area contributed by atoms with Crippen LogP contribution >= 0.6 is 12.4 Å². The van der Waals surface area contributed by atoms with Crippen LogP contribution < -0.4 is 21.8 Å². The Morgan fingerprint density at radius 2 is 2.17 bits per heavy atom. The van der Waals surface area contributed by atoms with Gasteiger partial charge >= 0.3 is 11.1 Å². The summed E-state index contributed by atoms with van der Waals surface area (Å²) in [4.78, 5) is 38.3. The Morgan fingerprint density at radius 3 is 2.83 bits per heavy atom. The third-order valence-corrected chi connectivity index (χ3v) is 3.95. The molecule has 0 spiro atoms. The number of hydrogen-bond acceptors (Lipinski definition) is 4. The summed E-state index contributed by atoms with van der Waals surface area (Å²) in [5.41, 5.74) is 0.322. The van der Waals surface area contributed by atoms with Crippen molar-refractivity contribution >= 4 is 29.3 Å². The molecule has 1 aliphatic rings. The van der Waals surface area contributed by atoms with Crippen LogP contribution in [0.5, 0.6) is 0 Å². The molecule has 1 aromatic heterocycles. The fourth-order valence-electron chi connectivity index (χ4n) is 2.78. The monoisotopic (exact) mass is 338 g/mol. The largest absolute Gasteiger partial charge is 0.348 e. The van der Waals surface area contributed by atoms with Gasteiger partial charge in [0, 0.05) is 24.7 Å². The fourth-order valence-corrected chi connectivity index (χ4v) is 2.78. The molecule has 1 saturated heterocycles. The van der Waals surface area contributed by atoms with Crippen molar-refractivity contribution in [2.45, 2.75) is 25.9 Å². The lowest BCUT2D eigenvalue weighted by Crippen LogP contribution is -2.37. The molecule has 3 rings (SSSR count). The van der Waals surface area contributed by atoms with Crippen molar-refractivity contribution in [1.82, 2.24) is 20.2 Å². The Kier molecular flexibility index (Phi) is 5.23. The Balaban J connectivity index is 0.00000192. The van der Waals surface area contributed by atoms with Gasteiger partial charge in [-0.1, -0.05) is 0 Å². The van der Waals surface area contributed by atoms with Crippen LogP contribution in [0.3, 0.4) is 0 Å². The van der Waals surface area contributed by atoms with Crippen molar-refractivity contribution in [2.75, 3.05) is 13.1 Å². The molecule has 8 heteroatoms.